The van der Waals surface area contributed by atoms with Crippen molar-refractivity contribution >= 4 is 15.7 Å². The minimum atomic E-state index is -4.03. The molecule has 0 N–H and O–H groups in total. The van der Waals surface area contributed by atoms with Crippen molar-refractivity contribution in [1.82, 2.24) is 4.31 Å². The number of rotatable bonds is 6. The second-order valence-electron chi connectivity index (χ2n) is 5.11. The number of nitro groups is 1. The van der Waals surface area contributed by atoms with Crippen LogP contribution in [0.3, 0.4) is 0 Å². The molecule has 0 aliphatic rings. The van der Waals surface area contributed by atoms with E-state index in [4.69, 9.17) is 5.26 Å². The third kappa shape index (κ3) is 3.76. The number of benzene rings is 2. The van der Waals surface area contributed by atoms with Crippen LogP contribution in [0.2, 0.25) is 0 Å². The van der Waals surface area contributed by atoms with E-state index in [-0.39, 0.29) is 12.1 Å². The Balaban J connectivity index is 2.29. The van der Waals surface area contributed by atoms with E-state index >= 15 is 0 Å². The highest BCUT2D eigenvalue weighted by Gasteiger charge is 2.29. The van der Waals surface area contributed by atoms with Crippen LogP contribution < -0.4 is 0 Å². The lowest BCUT2D eigenvalue weighted by atomic mass is 10.2. The number of hydrogen-bond donors (Lipinski definition) is 0. The van der Waals surface area contributed by atoms with Gasteiger partial charge in [0.1, 0.15) is 0 Å². The Morgan fingerprint density at radius 3 is 2.46 bits per heavy atom. The standard InChI is InChI=1S/C16H15N3O4S/c1-18(10-9-13-5-3-2-4-6-13)24(22,23)16-8-7-14(12-17)11-15(16)19(20)21/h2-8,11H,9-10H2,1H3. The van der Waals surface area contributed by atoms with E-state index < -0.39 is 25.5 Å². The lowest BCUT2D eigenvalue weighted by Crippen LogP contribution is -2.29. The summed E-state index contributed by atoms with van der Waals surface area (Å²) >= 11 is 0. The Morgan fingerprint density at radius 1 is 1.21 bits per heavy atom. The maximum Gasteiger partial charge on any atom is 0.290 e. The summed E-state index contributed by atoms with van der Waals surface area (Å²) in [5.74, 6) is 0. The van der Waals surface area contributed by atoms with Gasteiger partial charge in [0, 0.05) is 19.7 Å². The maximum atomic E-state index is 12.6. The zero-order valence-corrected chi connectivity index (χ0v) is 13.7. The van der Waals surface area contributed by atoms with E-state index in [2.05, 4.69) is 0 Å². The number of nitrogens with zero attached hydrogens (tertiary/aromatic N) is 3. The van der Waals surface area contributed by atoms with Gasteiger partial charge < -0.3 is 0 Å². The molecule has 0 atom stereocenters. The highest BCUT2D eigenvalue weighted by molar-refractivity contribution is 7.89. The Kier molecular flexibility index (Phi) is 5.28. The quantitative estimate of drug-likeness (QED) is 0.590. The topological polar surface area (TPSA) is 104 Å². The molecular formula is C16H15N3O4S. The fourth-order valence-electron chi connectivity index (χ4n) is 2.17. The first-order valence-electron chi connectivity index (χ1n) is 7.05. The molecule has 0 saturated heterocycles. The molecule has 0 aliphatic carbocycles. The minimum absolute atomic E-state index is 0.0348. The third-order valence-electron chi connectivity index (χ3n) is 3.53. The van der Waals surface area contributed by atoms with E-state index in [1.807, 2.05) is 30.3 Å². The molecular weight excluding hydrogens is 330 g/mol. The molecule has 0 aliphatic heterocycles. The Hall–Kier alpha value is -2.76. The number of likely N-dealkylation sites (N-methyl/N-ethyl adjacent to an activating group) is 1. The minimum Gasteiger partial charge on any atom is -0.258 e. The summed E-state index contributed by atoms with van der Waals surface area (Å²) in [6.07, 6.45) is 0.487. The van der Waals surface area contributed by atoms with E-state index in [0.717, 1.165) is 22.0 Å². The highest BCUT2D eigenvalue weighted by atomic mass is 32.2. The molecule has 7 nitrogen and oxygen atoms in total. The van der Waals surface area contributed by atoms with Gasteiger partial charge in [-0.3, -0.25) is 10.1 Å². The largest absolute Gasteiger partial charge is 0.290 e. The average molecular weight is 345 g/mol. The van der Waals surface area contributed by atoms with Crippen molar-refractivity contribution in [2.45, 2.75) is 11.3 Å². The van der Waals surface area contributed by atoms with Crippen molar-refractivity contribution in [1.29, 1.82) is 5.26 Å². The first-order valence-corrected chi connectivity index (χ1v) is 8.49. The van der Waals surface area contributed by atoms with Gasteiger partial charge in [0.2, 0.25) is 10.0 Å². The summed E-state index contributed by atoms with van der Waals surface area (Å²) in [5.41, 5.74) is 0.405. The molecule has 0 amide bonds. The Labute approximate surface area is 140 Å². The number of sulfonamides is 1. The van der Waals surface area contributed by atoms with Gasteiger partial charge in [0.05, 0.1) is 16.6 Å². The van der Waals surface area contributed by atoms with Crippen LogP contribution >= 0.6 is 0 Å². The Bertz CT molecular complexity index is 889. The maximum absolute atomic E-state index is 12.6. The van der Waals surface area contributed by atoms with Gasteiger partial charge in [-0.2, -0.15) is 5.26 Å². The predicted octanol–water partition coefficient (Wildman–Crippen LogP) is 2.33. The summed E-state index contributed by atoms with van der Waals surface area (Å²) in [5, 5.41) is 20.0. The molecule has 8 heteroatoms. The molecule has 0 aromatic heterocycles. The van der Waals surface area contributed by atoms with Crippen molar-refractivity contribution in [3.05, 3.63) is 69.8 Å². The molecule has 0 unspecified atom stereocenters. The zero-order valence-electron chi connectivity index (χ0n) is 12.9. The van der Waals surface area contributed by atoms with Crippen molar-refractivity contribution in [2.24, 2.45) is 0 Å². The van der Waals surface area contributed by atoms with Gasteiger partial charge in [-0.1, -0.05) is 30.3 Å². The lowest BCUT2D eigenvalue weighted by molar-refractivity contribution is -0.387. The number of hydrogen-bond acceptors (Lipinski definition) is 5. The molecule has 24 heavy (non-hydrogen) atoms. The van der Waals surface area contributed by atoms with Gasteiger partial charge in [0.25, 0.3) is 5.69 Å². The summed E-state index contributed by atoms with van der Waals surface area (Å²) in [6.45, 7) is 0.184. The third-order valence-corrected chi connectivity index (χ3v) is 5.44. The predicted molar refractivity (Wildman–Crippen MR) is 87.8 cm³/mol. The summed E-state index contributed by atoms with van der Waals surface area (Å²) < 4.78 is 26.3. The van der Waals surface area contributed by atoms with Crippen molar-refractivity contribution in [3.8, 4) is 6.07 Å². The average Bonchev–Trinajstić information content (AvgIpc) is 2.59. The van der Waals surface area contributed by atoms with Crippen LogP contribution in [0.25, 0.3) is 0 Å². The fourth-order valence-corrected chi connectivity index (χ4v) is 3.47. The highest BCUT2D eigenvalue weighted by Crippen LogP contribution is 2.27. The van der Waals surface area contributed by atoms with E-state index in [9.17, 15) is 18.5 Å². The molecule has 0 spiro atoms. The van der Waals surface area contributed by atoms with E-state index in [1.165, 1.54) is 13.1 Å². The van der Waals surface area contributed by atoms with Crippen LogP contribution in [-0.2, 0) is 16.4 Å². The molecule has 2 aromatic carbocycles. The van der Waals surface area contributed by atoms with Crippen LogP contribution in [0.15, 0.2) is 53.4 Å². The smallest absolute Gasteiger partial charge is 0.258 e. The Morgan fingerprint density at radius 2 is 1.88 bits per heavy atom. The molecule has 0 heterocycles. The number of nitriles is 1. The fraction of sp³-hybridized carbons (Fsp3) is 0.188. The normalized spacial score (nSPS) is 11.2. The van der Waals surface area contributed by atoms with Crippen LogP contribution in [0.1, 0.15) is 11.1 Å². The van der Waals surface area contributed by atoms with Crippen LogP contribution in [-0.4, -0.2) is 31.2 Å². The molecule has 124 valence electrons. The van der Waals surface area contributed by atoms with Gasteiger partial charge >= 0.3 is 0 Å². The van der Waals surface area contributed by atoms with Gasteiger partial charge in [0.15, 0.2) is 4.90 Å². The monoisotopic (exact) mass is 345 g/mol. The SMILES string of the molecule is CN(CCc1ccccc1)S(=O)(=O)c1ccc(C#N)cc1[N+](=O)[O-]. The van der Waals surface area contributed by atoms with Crippen LogP contribution in [0.5, 0.6) is 0 Å². The summed E-state index contributed by atoms with van der Waals surface area (Å²) in [6, 6.07) is 14.4. The zero-order chi connectivity index (χ0) is 17.7. The van der Waals surface area contributed by atoms with Crippen molar-refractivity contribution in [3.63, 3.8) is 0 Å². The molecule has 0 bridgehead atoms. The molecule has 0 saturated carbocycles. The van der Waals surface area contributed by atoms with Gasteiger partial charge in [-0.25, -0.2) is 12.7 Å². The van der Waals surface area contributed by atoms with Gasteiger partial charge in [-0.15, -0.1) is 0 Å². The van der Waals surface area contributed by atoms with Crippen LogP contribution in [0, 0.1) is 21.4 Å². The summed E-state index contributed by atoms with van der Waals surface area (Å²) in [4.78, 5) is 9.94. The molecule has 2 aromatic rings. The second-order valence-corrected chi connectivity index (χ2v) is 7.13. The van der Waals surface area contributed by atoms with E-state index in [1.54, 1.807) is 6.07 Å². The molecule has 2 rings (SSSR count). The van der Waals surface area contributed by atoms with Crippen molar-refractivity contribution < 1.29 is 13.3 Å². The second kappa shape index (κ2) is 7.21. The summed E-state index contributed by atoms with van der Waals surface area (Å²) in [7, 11) is -2.65. The lowest BCUT2D eigenvalue weighted by Gasteiger charge is -2.17. The van der Waals surface area contributed by atoms with E-state index in [0.29, 0.717) is 6.42 Å². The first-order chi connectivity index (χ1) is 11.4. The molecule has 0 fully saturated rings. The molecule has 0 radical (unpaired) electrons. The van der Waals surface area contributed by atoms with Gasteiger partial charge in [-0.05, 0) is 24.1 Å². The number of nitro benzene ring substituents is 1. The first kappa shape index (κ1) is 17.6. The van der Waals surface area contributed by atoms with Crippen LogP contribution in [0.4, 0.5) is 5.69 Å². The van der Waals surface area contributed by atoms with Crippen molar-refractivity contribution in [2.75, 3.05) is 13.6 Å².